The Balaban J connectivity index is 1.89. The second-order valence-corrected chi connectivity index (χ2v) is 5.35. The van der Waals surface area contributed by atoms with Crippen molar-refractivity contribution in [1.82, 2.24) is 4.90 Å². The fourth-order valence-corrected chi connectivity index (χ4v) is 2.53. The molecule has 0 atom stereocenters. The number of nitrogens with zero attached hydrogens (tertiary/aromatic N) is 1. The Hall–Kier alpha value is -1.66. The number of hydrogen-bond donors (Lipinski definition) is 1. The van der Waals surface area contributed by atoms with Gasteiger partial charge in [0.05, 0.1) is 18.8 Å². The second kappa shape index (κ2) is 8.10. The Labute approximate surface area is 130 Å². The highest BCUT2D eigenvalue weighted by molar-refractivity contribution is 5.94. The number of piperidine rings is 1. The quantitative estimate of drug-likeness (QED) is 0.814. The van der Waals surface area contributed by atoms with Crippen LogP contribution in [0.3, 0.4) is 0 Å². The largest absolute Gasteiger partial charge is 0.497 e. The zero-order chi connectivity index (χ0) is 15.9. The number of rotatable bonds is 6. The van der Waals surface area contributed by atoms with Gasteiger partial charge in [0, 0.05) is 25.8 Å². The average molecular weight is 310 g/mol. The van der Waals surface area contributed by atoms with Crippen molar-refractivity contribution in [3.05, 3.63) is 29.6 Å². The first kappa shape index (κ1) is 16.7. The molecule has 0 bridgehead atoms. The Bertz CT molecular complexity index is 502. The van der Waals surface area contributed by atoms with Crippen molar-refractivity contribution in [2.24, 2.45) is 5.73 Å². The number of nitrogens with two attached hydrogens (primary N) is 1. The first-order chi connectivity index (χ1) is 10.7. The molecule has 22 heavy (non-hydrogen) atoms. The topological polar surface area (TPSA) is 64.8 Å². The monoisotopic (exact) mass is 310 g/mol. The highest BCUT2D eigenvalue weighted by Crippen LogP contribution is 2.21. The number of likely N-dealkylation sites (tertiary alicyclic amines) is 1. The molecule has 0 spiro atoms. The van der Waals surface area contributed by atoms with Crippen molar-refractivity contribution in [2.45, 2.75) is 25.4 Å². The summed E-state index contributed by atoms with van der Waals surface area (Å²) in [6.45, 7) is 2.44. The molecule has 2 rings (SSSR count). The summed E-state index contributed by atoms with van der Waals surface area (Å²) in [4.78, 5) is 14.0. The molecule has 2 N–H and O–H groups in total. The Morgan fingerprint density at radius 1 is 1.41 bits per heavy atom. The molecule has 1 aliphatic rings. The van der Waals surface area contributed by atoms with Crippen LogP contribution in [0.15, 0.2) is 18.2 Å². The van der Waals surface area contributed by atoms with Gasteiger partial charge in [0.25, 0.3) is 5.91 Å². The molecule has 1 saturated heterocycles. The number of methoxy groups -OCH3 is 1. The standard InChI is InChI=1S/C16H23FN2O3/c1-21-13-3-4-14(15(17)11-13)16(20)19-8-5-12(6-9-19)22-10-2-7-18/h3-4,11-12H,2,5-10,18H2,1H3. The van der Waals surface area contributed by atoms with Gasteiger partial charge in [-0.05, 0) is 37.9 Å². The number of halogens is 1. The Kier molecular flexibility index (Phi) is 6.15. The normalized spacial score (nSPS) is 15.9. The lowest BCUT2D eigenvalue weighted by Gasteiger charge is -2.32. The lowest BCUT2D eigenvalue weighted by atomic mass is 10.1. The highest BCUT2D eigenvalue weighted by Gasteiger charge is 2.25. The number of benzene rings is 1. The van der Waals surface area contributed by atoms with Crippen LogP contribution in [-0.4, -0.2) is 50.3 Å². The summed E-state index contributed by atoms with van der Waals surface area (Å²) in [7, 11) is 1.46. The van der Waals surface area contributed by atoms with Crippen molar-refractivity contribution >= 4 is 5.91 Å². The Morgan fingerprint density at radius 2 is 2.14 bits per heavy atom. The van der Waals surface area contributed by atoms with Crippen molar-refractivity contribution < 1.29 is 18.7 Å². The van der Waals surface area contributed by atoms with Gasteiger partial charge in [0.2, 0.25) is 0 Å². The average Bonchev–Trinajstić information content (AvgIpc) is 2.55. The maximum Gasteiger partial charge on any atom is 0.256 e. The predicted octanol–water partition coefficient (Wildman–Crippen LogP) is 1.80. The van der Waals surface area contributed by atoms with E-state index in [1.807, 2.05) is 0 Å². The number of ether oxygens (including phenoxy) is 2. The maximum absolute atomic E-state index is 14.0. The lowest BCUT2D eigenvalue weighted by Crippen LogP contribution is -2.41. The van der Waals surface area contributed by atoms with Crippen molar-refractivity contribution in [2.75, 3.05) is 33.4 Å². The number of amides is 1. The third-order valence-corrected chi connectivity index (χ3v) is 3.84. The molecule has 5 nitrogen and oxygen atoms in total. The first-order valence-corrected chi connectivity index (χ1v) is 7.60. The minimum absolute atomic E-state index is 0.0864. The van der Waals surface area contributed by atoms with Crippen LogP contribution in [0.25, 0.3) is 0 Å². The lowest BCUT2D eigenvalue weighted by molar-refractivity contribution is 0.00834. The van der Waals surface area contributed by atoms with Crippen LogP contribution in [0.1, 0.15) is 29.6 Å². The fourth-order valence-electron chi connectivity index (χ4n) is 2.53. The van der Waals surface area contributed by atoms with Crippen molar-refractivity contribution in [1.29, 1.82) is 0 Å². The van der Waals surface area contributed by atoms with E-state index >= 15 is 0 Å². The van der Waals surface area contributed by atoms with Crippen LogP contribution in [-0.2, 0) is 4.74 Å². The smallest absolute Gasteiger partial charge is 0.256 e. The molecule has 6 heteroatoms. The van der Waals surface area contributed by atoms with Gasteiger partial charge in [-0.3, -0.25) is 4.79 Å². The Morgan fingerprint density at radius 3 is 2.73 bits per heavy atom. The summed E-state index contributed by atoms with van der Waals surface area (Å²) in [6.07, 6.45) is 2.55. The summed E-state index contributed by atoms with van der Waals surface area (Å²) >= 11 is 0. The van der Waals surface area contributed by atoms with Crippen LogP contribution in [0.5, 0.6) is 5.75 Å². The second-order valence-electron chi connectivity index (χ2n) is 5.35. The molecule has 1 aliphatic heterocycles. The summed E-state index contributed by atoms with van der Waals surface area (Å²) in [6, 6.07) is 4.30. The van der Waals surface area contributed by atoms with Gasteiger partial charge >= 0.3 is 0 Å². The minimum Gasteiger partial charge on any atom is -0.497 e. The molecule has 0 saturated carbocycles. The van der Waals surface area contributed by atoms with Gasteiger partial charge in [-0.25, -0.2) is 4.39 Å². The van der Waals surface area contributed by atoms with E-state index in [0.29, 0.717) is 32.0 Å². The van der Waals surface area contributed by atoms with Gasteiger partial charge in [-0.15, -0.1) is 0 Å². The van der Waals surface area contributed by atoms with Crippen LogP contribution < -0.4 is 10.5 Å². The van der Waals surface area contributed by atoms with Crippen molar-refractivity contribution in [3.63, 3.8) is 0 Å². The van der Waals surface area contributed by atoms with Gasteiger partial charge in [-0.2, -0.15) is 0 Å². The van der Waals surface area contributed by atoms with E-state index in [9.17, 15) is 9.18 Å². The zero-order valence-corrected chi connectivity index (χ0v) is 12.9. The third-order valence-electron chi connectivity index (χ3n) is 3.84. The molecule has 0 unspecified atom stereocenters. The van der Waals surface area contributed by atoms with Gasteiger partial charge in [0.1, 0.15) is 11.6 Å². The molecule has 0 aliphatic carbocycles. The molecule has 1 aromatic rings. The maximum atomic E-state index is 14.0. The van der Waals surface area contributed by atoms with Crippen LogP contribution in [0, 0.1) is 5.82 Å². The molecular formula is C16H23FN2O3. The van der Waals surface area contributed by atoms with E-state index in [0.717, 1.165) is 19.3 Å². The predicted molar refractivity (Wildman–Crippen MR) is 81.5 cm³/mol. The first-order valence-electron chi connectivity index (χ1n) is 7.60. The van der Waals surface area contributed by atoms with E-state index in [1.165, 1.54) is 19.2 Å². The number of hydrogen-bond acceptors (Lipinski definition) is 4. The van der Waals surface area contributed by atoms with Gasteiger partial charge < -0.3 is 20.1 Å². The molecule has 1 aromatic carbocycles. The molecule has 1 heterocycles. The van der Waals surface area contributed by atoms with Gasteiger partial charge in [0.15, 0.2) is 0 Å². The number of carbonyl (C=O) groups excluding carboxylic acids is 1. The van der Waals surface area contributed by atoms with E-state index in [4.69, 9.17) is 15.2 Å². The molecular weight excluding hydrogens is 287 g/mol. The van der Waals surface area contributed by atoms with E-state index in [2.05, 4.69) is 0 Å². The number of carbonyl (C=O) groups is 1. The minimum atomic E-state index is -0.550. The summed E-state index contributed by atoms with van der Waals surface area (Å²) in [5.74, 6) is -0.424. The highest BCUT2D eigenvalue weighted by atomic mass is 19.1. The summed E-state index contributed by atoms with van der Waals surface area (Å²) in [5, 5.41) is 0. The van der Waals surface area contributed by atoms with Crippen LogP contribution in [0.4, 0.5) is 4.39 Å². The summed E-state index contributed by atoms with van der Waals surface area (Å²) in [5.41, 5.74) is 5.51. The van der Waals surface area contributed by atoms with E-state index in [1.54, 1.807) is 11.0 Å². The van der Waals surface area contributed by atoms with E-state index in [-0.39, 0.29) is 17.6 Å². The van der Waals surface area contributed by atoms with Crippen LogP contribution in [0.2, 0.25) is 0 Å². The summed E-state index contributed by atoms with van der Waals surface area (Å²) < 4.78 is 24.6. The van der Waals surface area contributed by atoms with Crippen molar-refractivity contribution in [3.8, 4) is 5.75 Å². The molecule has 1 fully saturated rings. The molecule has 0 radical (unpaired) electrons. The van der Waals surface area contributed by atoms with Gasteiger partial charge in [-0.1, -0.05) is 0 Å². The zero-order valence-electron chi connectivity index (χ0n) is 12.9. The molecule has 122 valence electrons. The van der Waals surface area contributed by atoms with Crippen LogP contribution >= 0.6 is 0 Å². The SMILES string of the molecule is COc1ccc(C(=O)N2CCC(OCCCN)CC2)c(F)c1. The van der Waals surface area contributed by atoms with E-state index < -0.39 is 5.82 Å². The molecule has 1 amide bonds. The molecule has 0 aromatic heterocycles. The third kappa shape index (κ3) is 4.18. The fraction of sp³-hybridized carbons (Fsp3) is 0.562.